The van der Waals surface area contributed by atoms with Gasteiger partial charge in [-0.1, -0.05) is 32.9 Å². The number of anilines is 1. The number of aromatic nitrogens is 2. The lowest BCUT2D eigenvalue weighted by Crippen LogP contribution is -2.16. The zero-order valence-corrected chi connectivity index (χ0v) is 17.6. The third kappa shape index (κ3) is 4.16. The molecule has 1 aromatic heterocycles. The number of nitrogens with one attached hydrogen (secondary N) is 1. The Bertz CT molecular complexity index is 987. The van der Waals surface area contributed by atoms with Crippen molar-refractivity contribution < 1.29 is 8.95 Å². The maximum atomic E-state index is 13.0. The van der Waals surface area contributed by atoms with Gasteiger partial charge in [0.2, 0.25) is 0 Å². The number of ether oxygens (including phenoxy) is 1. The van der Waals surface area contributed by atoms with Crippen LogP contribution in [0.25, 0.3) is 11.0 Å². The van der Waals surface area contributed by atoms with E-state index < -0.39 is 10.8 Å². The van der Waals surface area contributed by atoms with Crippen LogP contribution in [0.3, 0.4) is 0 Å². The number of fused-ring (bicyclic) bond motifs is 1. The number of nitrogens with zero attached hydrogens (tertiary/aromatic N) is 2. The summed E-state index contributed by atoms with van der Waals surface area (Å²) in [5, 5.41) is 0.490. The van der Waals surface area contributed by atoms with E-state index in [0.717, 1.165) is 28.0 Å². The molecule has 1 N–H and O–H groups in total. The van der Waals surface area contributed by atoms with Crippen LogP contribution in [0, 0.1) is 0 Å². The number of H-pyrrole nitrogens is 1. The van der Waals surface area contributed by atoms with Crippen molar-refractivity contribution in [1.29, 1.82) is 0 Å². The highest BCUT2D eigenvalue weighted by atomic mass is 32.2. The average molecular weight is 386 g/mol. The van der Waals surface area contributed by atoms with Gasteiger partial charge in [0.05, 0.1) is 34.7 Å². The number of imidazole rings is 1. The monoisotopic (exact) mass is 385 g/mol. The van der Waals surface area contributed by atoms with Gasteiger partial charge in [0.25, 0.3) is 0 Å². The molecule has 3 rings (SSSR count). The first-order valence-electron chi connectivity index (χ1n) is 8.92. The molecule has 0 amide bonds. The molecule has 0 spiro atoms. The van der Waals surface area contributed by atoms with E-state index in [9.17, 15) is 4.21 Å². The zero-order chi connectivity index (χ0) is 19.8. The first-order chi connectivity index (χ1) is 12.7. The summed E-state index contributed by atoms with van der Waals surface area (Å²) >= 11 is 0. The number of methoxy groups -OCH3 is 1. The Morgan fingerprint density at radius 2 is 1.89 bits per heavy atom. The number of hydrogen-bond donors (Lipinski definition) is 1. The lowest BCUT2D eigenvalue weighted by Gasteiger charge is -2.23. The topological polar surface area (TPSA) is 58.2 Å². The van der Waals surface area contributed by atoms with E-state index in [0.29, 0.717) is 10.9 Å². The van der Waals surface area contributed by atoms with Crippen molar-refractivity contribution in [2.45, 2.75) is 37.1 Å². The van der Waals surface area contributed by atoms with Crippen molar-refractivity contribution in [2.75, 3.05) is 26.1 Å². The van der Waals surface area contributed by atoms with Crippen molar-refractivity contribution in [2.24, 2.45) is 0 Å². The standard InChI is InChI=1S/C21H27N3O2S/c1-21(2,3)15-7-10-19(24(4)5)14(11-15)13-27(25)20-22-17-9-8-16(26-6)12-18(17)23-20/h7-12H,13H2,1-6H3,(H,22,23). The molecule has 3 aromatic rings. The normalized spacial score (nSPS) is 13.0. The van der Waals surface area contributed by atoms with E-state index >= 15 is 0 Å². The summed E-state index contributed by atoms with van der Waals surface area (Å²) in [7, 11) is 4.37. The summed E-state index contributed by atoms with van der Waals surface area (Å²) in [6.45, 7) is 6.56. The summed E-state index contributed by atoms with van der Waals surface area (Å²) in [5.74, 6) is 1.16. The minimum atomic E-state index is -1.27. The Morgan fingerprint density at radius 1 is 1.15 bits per heavy atom. The molecule has 1 heterocycles. The van der Waals surface area contributed by atoms with Gasteiger partial charge in [-0.05, 0) is 34.7 Å². The molecule has 0 radical (unpaired) electrons. The summed E-state index contributed by atoms with van der Waals surface area (Å²) in [6, 6.07) is 12.0. The van der Waals surface area contributed by atoms with E-state index in [1.54, 1.807) is 7.11 Å². The molecule has 6 heteroatoms. The molecule has 144 valence electrons. The summed E-state index contributed by atoms with van der Waals surface area (Å²) < 4.78 is 18.3. The van der Waals surface area contributed by atoms with E-state index in [-0.39, 0.29) is 5.41 Å². The summed E-state index contributed by atoms with van der Waals surface area (Å²) in [5.41, 5.74) is 5.02. The van der Waals surface area contributed by atoms with Crippen molar-refractivity contribution in [1.82, 2.24) is 9.97 Å². The number of hydrogen-bond acceptors (Lipinski definition) is 4. The summed E-state index contributed by atoms with van der Waals surface area (Å²) in [4.78, 5) is 9.74. The van der Waals surface area contributed by atoms with Gasteiger partial charge in [-0.25, -0.2) is 4.98 Å². The molecule has 1 unspecified atom stereocenters. The van der Waals surface area contributed by atoms with Crippen LogP contribution < -0.4 is 9.64 Å². The Morgan fingerprint density at radius 3 is 2.52 bits per heavy atom. The fourth-order valence-corrected chi connectivity index (χ4v) is 4.09. The highest BCUT2D eigenvalue weighted by molar-refractivity contribution is 7.84. The second-order valence-corrected chi connectivity index (χ2v) is 9.27. The van der Waals surface area contributed by atoms with Crippen molar-refractivity contribution in [3.63, 3.8) is 0 Å². The first-order valence-corrected chi connectivity index (χ1v) is 10.2. The molecule has 1 atom stereocenters. The third-order valence-electron chi connectivity index (χ3n) is 4.60. The van der Waals surface area contributed by atoms with Gasteiger partial charge in [-0.2, -0.15) is 0 Å². The molecule has 0 aliphatic heterocycles. The van der Waals surface area contributed by atoms with Crippen LogP contribution in [-0.4, -0.2) is 35.4 Å². The second-order valence-electron chi connectivity index (χ2n) is 7.90. The van der Waals surface area contributed by atoms with E-state index in [1.165, 1.54) is 5.56 Å². The fourth-order valence-electron chi connectivity index (χ4n) is 3.01. The number of benzene rings is 2. The molecular formula is C21H27N3O2S. The number of aromatic amines is 1. The lowest BCUT2D eigenvalue weighted by atomic mass is 9.86. The van der Waals surface area contributed by atoms with Crippen molar-refractivity contribution in [3.05, 3.63) is 47.5 Å². The van der Waals surface area contributed by atoms with Crippen LogP contribution in [0.4, 0.5) is 5.69 Å². The molecule has 2 aromatic carbocycles. The van der Waals surface area contributed by atoms with E-state index in [4.69, 9.17) is 4.74 Å². The van der Waals surface area contributed by atoms with E-state index in [2.05, 4.69) is 53.8 Å². The minimum Gasteiger partial charge on any atom is -0.497 e. The highest BCUT2D eigenvalue weighted by Crippen LogP contribution is 2.30. The van der Waals surface area contributed by atoms with Crippen molar-refractivity contribution >= 4 is 27.5 Å². The second kappa shape index (κ2) is 7.35. The molecule has 0 aliphatic carbocycles. The molecular weight excluding hydrogens is 358 g/mol. The Balaban J connectivity index is 1.95. The predicted molar refractivity (Wildman–Crippen MR) is 112 cm³/mol. The van der Waals surface area contributed by atoms with Crippen molar-refractivity contribution in [3.8, 4) is 5.75 Å². The first kappa shape index (κ1) is 19.4. The summed E-state index contributed by atoms with van der Waals surface area (Å²) in [6.07, 6.45) is 0. The smallest absolute Gasteiger partial charge is 0.197 e. The molecule has 27 heavy (non-hydrogen) atoms. The maximum Gasteiger partial charge on any atom is 0.197 e. The van der Waals surface area contributed by atoms with Crippen LogP contribution in [0.2, 0.25) is 0 Å². The van der Waals surface area contributed by atoms with Gasteiger partial charge in [-0.3, -0.25) is 4.21 Å². The highest BCUT2D eigenvalue weighted by Gasteiger charge is 2.19. The molecule has 0 fully saturated rings. The van der Waals surface area contributed by atoms with Crippen LogP contribution in [0.5, 0.6) is 5.75 Å². The van der Waals surface area contributed by atoms with E-state index in [1.807, 2.05) is 32.3 Å². The van der Waals surface area contributed by atoms with Gasteiger partial charge < -0.3 is 14.6 Å². The average Bonchev–Trinajstić information content (AvgIpc) is 3.03. The molecule has 0 aliphatic rings. The lowest BCUT2D eigenvalue weighted by molar-refractivity contribution is 0.415. The van der Waals surface area contributed by atoms with Gasteiger partial charge in [0.15, 0.2) is 5.16 Å². The number of rotatable bonds is 5. The third-order valence-corrected chi connectivity index (χ3v) is 5.79. The van der Waals surface area contributed by atoms with Gasteiger partial charge in [0.1, 0.15) is 5.75 Å². The fraction of sp³-hybridized carbons (Fsp3) is 0.381. The van der Waals surface area contributed by atoms with Gasteiger partial charge in [0, 0.05) is 25.8 Å². The Kier molecular flexibility index (Phi) is 5.29. The zero-order valence-electron chi connectivity index (χ0n) is 16.8. The Labute approximate surface area is 163 Å². The molecule has 5 nitrogen and oxygen atoms in total. The maximum absolute atomic E-state index is 13.0. The largest absolute Gasteiger partial charge is 0.497 e. The van der Waals surface area contributed by atoms with Gasteiger partial charge in [-0.15, -0.1) is 0 Å². The molecule has 0 bridgehead atoms. The molecule has 0 saturated heterocycles. The minimum absolute atomic E-state index is 0.0387. The van der Waals surface area contributed by atoms with Gasteiger partial charge >= 0.3 is 0 Å². The predicted octanol–water partition coefficient (Wildman–Crippen LogP) is 4.24. The molecule has 0 saturated carbocycles. The quantitative estimate of drug-likeness (QED) is 0.714. The van der Waals surface area contributed by atoms with Crippen LogP contribution in [-0.2, 0) is 22.0 Å². The Hall–Kier alpha value is -2.34. The van der Waals surface area contributed by atoms with Crippen LogP contribution in [0.1, 0.15) is 31.9 Å². The van der Waals surface area contributed by atoms with Crippen LogP contribution in [0.15, 0.2) is 41.6 Å². The SMILES string of the molecule is COc1ccc2nc(S(=O)Cc3cc(C(C)(C)C)ccc3N(C)C)[nH]c2c1. The van der Waals surface area contributed by atoms with Crippen LogP contribution >= 0.6 is 0 Å².